The van der Waals surface area contributed by atoms with E-state index in [2.05, 4.69) is 4.98 Å². The molecule has 0 spiro atoms. The van der Waals surface area contributed by atoms with Crippen LogP contribution in [0.25, 0.3) is 0 Å². The summed E-state index contributed by atoms with van der Waals surface area (Å²) in [6.07, 6.45) is 3.87. The van der Waals surface area contributed by atoms with E-state index in [9.17, 15) is 18.3 Å². The van der Waals surface area contributed by atoms with Crippen molar-refractivity contribution in [2.24, 2.45) is 5.92 Å². The van der Waals surface area contributed by atoms with E-state index in [0.717, 1.165) is 5.56 Å². The van der Waals surface area contributed by atoms with Crippen LogP contribution in [0.5, 0.6) is 0 Å². The van der Waals surface area contributed by atoms with E-state index in [-0.39, 0.29) is 11.7 Å². The lowest BCUT2D eigenvalue weighted by molar-refractivity contribution is -0.141. The maximum Gasteiger partial charge on any atom is 0.308 e. The molecule has 1 N–H and O–H groups in total. The van der Waals surface area contributed by atoms with Crippen molar-refractivity contribution in [2.45, 2.75) is 12.3 Å². The minimum atomic E-state index is -3.21. The Morgan fingerprint density at radius 2 is 2.17 bits per heavy atom. The topological polar surface area (TPSA) is 90.8 Å². The Morgan fingerprint density at radius 1 is 1.43 bits per heavy atom. The molecular weight excluding hydrogens is 318 g/mol. The number of hydrogen-bond donors (Lipinski definition) is 1. The molecule has 0 amide bonds. The molecule has 1 aliphatic heterocycles. The fourth-order valence-corrected chi connectivity index (χ4v) is 3.76. The van der Waals surface area contributed by atoms with Crippen molar-refractivity contribution in [2.75, 3.05) is 39.5 Å². The molecule has 1 aromatic rings. The lowest BCUT2D eigenvalue weighted by Gasteiger charge is -2.17. The molecule has 1 aromatic heterocycles. The van der Waals surface area contributed by atoms with Crippen LogP contribution in [0, 0.1) is 5.92 Å². The van der Waals surface area contributed by atoms with Gasteiger partial charge in [-0.25, -0.2) is 12.7 Å². The molecule has 8 heteroatoms. The van der Waals surface area contributed by atoms with Crippen LogP contribution in [-0.2, 0) is 14.8 Å². The van der Waals surface area contributed by atoms with Gasteiger partial charge in [-0.3, -0.25) is 9.78 Å². The van der Waals surface area contributed by atoms with Gasteiger partial charge in [-0.15, -0.1) is 0 Å². The van der Waals surface area contributed by atoms with Gasteiger partial charge in [-0.1, -0.05) is 6.07 Å². The van der Waals surface area contributed by atoms with Gasteiger partial charge < -0.3 is 10.0 Å². The normalized spacial score (nSPS) is 22.6. The standard InChI is InChI=1S/C15H23N3O4S/c1-17(2)23(21,22)8-4-7-18-10-13(14(11-18)15(19)20)12-5-3-6-16-9-12/h3,5-6,9,13-14H,4,7-8,10-11H2,1-2H3,(H,19,20)/t13-,14+/m0/s1. The van der Waals surface area contributed by atoms with Gasteiger partial charge >= 0.3 is 5.97 Å². The number of carboxylic acid groups (broad SMARTS) is 1. The number of hydrogen-bond acceptors (Lipinski definition) is 5. The first-order chi connectivity index (χ1) is 10.8. The molecule has 2 atom stereocenters. The molecule has 23 heavy (non-hydrogen) atoms. The van der Waals surface area contributed by atoms with Crippen molar-refractivity contribution in [1.82, 2.24) is 14.2 Å². The van der Waals surface area contributed by atoms with E-state index in [4.69, 9.17) is 0 Å². The summed E-state index contributed by atoms with van der Waals surface area (Å²) >= 11 is 0. The number of sulfonamides is 1. The lowest BCUT2D eigenvalue weighted by Crippen LogP contribution is -2.29. The third-order valence-electron chi connectivity index (χ3n) is 4.26. The summed E-state index contributed by atoms with van der Waals surface area (Å²) in [4.78, 5) is 17.6. The highest BCUT2D eigenvalue weighted by atomic mass is 32.2. The molecule has 128 valence electrons. The number of carboxylic acids is 1. The fraction of sp³-hybridized carbons (Fsp3) is 0.600. The number of rotatable bonds is 7. The number of carbonyl (C=O) groups is 1. The highest BCUT2D eigenvalue weighted by Gasteiger charge is 2.38. The summed E-state index contributed by atoms with van der Waals surface area (Å²) in [5.41, 5.74) is 0.920. The highest BCUT2D eigenvalue weighted by Crippen LogP contribution is 2.32. The molecule has 0 radical (unpaired) electrons. The molecule has 0 bridgehead atoms. The van der Waals surface area contributed by atoms with E-state index >= 15 is 0 Å². The van der Waals surface area contributed by atoms with E-state index < -0.39 is 21.9 Å². The molecule has 0 aliphatic carbocycles. The zero-order valence-corrected chi connectivity index (χ0v) is 14.2. The lowest BCUT2D eigenvalue weighted by atomic mass is 9.90. The van der Waals surface area contributed by atoms with Gasteiger partial charge in [0, 0.05) is 45.5 Å². The van der Waals surface area contributed by atoms with E-state index in [1.165, 1.54) is 18.4 Å². The zero-order chi connectivity index (χ0) is 17.0. The van der Waals surface area contributed by atoms with Crippen LogP contribution < -0.4 is 0 Å². The second-order valence-electron chi connectivity index (χ2n) is 6.05. The molecule has 7 nitrogen and oxygen atoms in total. The van der Waals surface area contributed by atoms with Gasteiger partial charge in [-0.2, -0.15) is 0 Å². The van der Waals surface area contributed by atoms with Crippen molar-refractivity contribution in [1.29, 1.82) is 0 Å². The molecule has 2 heterocycles. The van der Waals surface area contributed by atoms with Crippen LogP contribution >= 0.6 is 0 Å². The van der Waals surface area contributed by atoms with Crippen molar-refractivity contribution in [3.63, 3.8) is 0 Å². The van der Waals surface area contributed by atoms with Crippen LogP contribution in [-0.4, -0.2) is 73.2 Å². The van der Waals surface area contributed by atoms with Gasteiger partial charge in [0.15, 0.2) is 0 Å². The molecular formula is C15H23N3O4S. The third-order valence-corrected chi connectivity index (χ3v) is 6.18. The van der Waals surface area contributed by atoms with Crippen LogP contribution in [0.15, 0.2) is 24.5 Å². The van der Waals surface area contributed by atoms with Crippen LogP contribution in [0.4, 0.5) is 0 Å². The summed E-state index contributed by atoms with van der Waals surface area (Å²) in [6, 6.07) is 3.70. The molecule has 1 fully saturated rings. The van der Waals surface area contributed by atoms with E-state index in [1.54, 1.807) is 18.5 Å². The Morgan fingerprint density at radius 3 is 2.74 bits per heavy atom. The number of pyridine rings is 1. The van der Waals surface area contributed by atoms with Gasteiger partial charge in [0.05, 0.1) is 11.7 Å². The van der Waals surface area contributed by atoms with Crippen molar-refractivity contribution in [3.05, 3.63) is 30.1 Å². The summed E-state index contributed by atoms with van der Waals surface area (Å²) in [6.45, 7) is 1.63. The van der Waals surface area contributed by atoms with Crippen LogP contribution in [0.2, 0.25) is 0 Å². The molecule has 1 aliphatic rings. The van der Waals surface area contributed by atoms with Crippen molar-refractivity contribution in [3.8, 4) is 0 Å². The monoisotopic (exact) mass is 341 g/mol. The molecule has 0 unspecified atom stereocenters. The summed E-state index contributed by atoms with van der Waals surface area (Å²) in [5, 5.41) is 9.44. The first-order valence-electron chi connectivity index (χ1n) is 7.56. The Bertz CT molecular complexity index is 633. The molecule has 1 saturated heterocycles. The minimum absolute atomic E-state index is 0.0752. The summed E-state index contributed by atoms with van der Waals surface area (Å²) < 4.78 is 24.8. The first-order valence-corrected chi connectivity index (χ1v) is 9.17. The zero-order valence-electron chi connectivity index (χ0n) is 13.4. The Labute approximate surface area is 137 Å². The predicted octanol–water partition coefficient (Wildman–Crippen LogP) is 0.463. The number of aromatic nitrogens is 1. The number of nitrogens with zero attached hydrogens (tertiary/aromatic N) is 3. The van der Waals surface area contributed by atoms with Crippen molar-refractivity contribution < 1.29 is 18.3 Å². The quantitative estimate of drug-likeness (QED) is 0.775. The average molecular weight is 341 g/mol. The Hall–Kier alpha value is -1.51. The fourth-order valence-electron chi connectivity index (χ4n) is 2.90. The van der Waals surface area contributed by atoms with Gasteiger partial charge in [0.2, 0.25) is 10.0 Å². The maximum atomic E-state index is 11.8. The Kier molecular flexibility index (Phi) is 5.72. The molecule has 2 rings (SSSR count). The third kappa shape index (κ3) is 4.49. The van der Waals surface area contributed by atoms with Gasteiger partial charge in [-0.05, 0) is 24.6 Å². The van der Waals surface area contributed by atoms with Crippen LogP contribution in [0.1, 0.15) is 17.9 Å². The minimum Gasteiger partial charge on any atom is -0.481 e. The smallest absolute Gasteiger partial charge is 0.308 e. The van der Waals surface area contributed by atoms with Crippen LogP contribution in [0.3, 0.4) is 0 Å². The van der Waals surface area contributed by atoms with E-state index in [0.29, 0.717) is 26.1 Å². The SMILES string of the molecule is CN(C)S(=O)(=O)CCCN1C[C@@H](C(=O)O)[C@H](c2cccnc2)C1. The molecule has 0 saturated carbocycles. The molecule has 0 aromatic carbocycles. The second kappa shape index (κ2) is 7.37. The number of likely N-dealkylation sites (tertiary alicyclic amines) is 1. The van der Waals surface area contributed by atoms with E-state index in [1.807, 2.05) is 11.0 Å². The number of aliphatic carboxylic acids is 1. The highest BCUT2D eigenvalue weighted by molar-refractivity contribution is 7.89. The summed E-state index contributed by atoms with van der Waals surface area (Å²) in [5.74, 6) is -1.33. The first kappa shape index (κ1) is 17.8. The second-order valence-corrected chi connectivity index (χ2v) is 8.35. The van der Waals surface area contributed by atoms with Gasteiger partial charge in [0.1, 0.15) is 0 Å². The maximum absolute atomic E-state index is 11.8. The predicted molar refractivity (Wildman–Crippen MR) is 86.6 cm³/mol. The average Bonchev–Trinajstić information content (AvgIpc) is 2.92. The van der Waals surface area contributed by atoms with Gasteiger partial charge in [0.25, 0.3) is 0 Å². The Balaban J connectivity index is 1.97. The van der Waals surface area contributed by atoms with Crippen molar-refractivity contribution >= 4 is 16.0 Å². The largest absolute Gasteiger partial charge is 0.481 e. The summed E-state index contributed by atoms with van der Waals surface area (Å²) in [7, 11) is -0.169.